The normalized spacial score (nSPS) is 14.3. The van der Waals surface area contributed by atoms with Crippen molar-refractivity contribution in [3.63, 3.8) is 0 Å². The van der Waals surface area contributed by atoms with E-state index in [0.29, 0.717) is 45.4 Å². The Bertz CT molecular complexity index is 772. The first-order chi connectivity index (χ1) is 18.5. The van der Waals surface area contributed by atoms with Gasteiger partial charge in [0.1, 0.15) is 19.3 Å². The first-order valence-electron chi connectivity index (χ1n) is 13.3. The number of carbonyl (C=O) groups excluding carboxylic acids is 6. The molecule has 0 radical (unpaired) electrons. The van der Waals surface area contributed by atoms with E-state index >= 15 is 0 Å². The van der Waals surface area contributed by atoms with E-state index in [1.54, 1.807) is 20.8 Å². The monoisotopic (exact) mass is 559 g/mol. The van der Waals surface area contributed by atoms with Gasteiger partial charge in [0.15, 0.2) is 0 Å². The predicted octanol–water partition coefficient (Wildman–Crippen LogP) is 0.688. The Morgan fingerprint density at radius 2 is 1.38 bits per heavy atom. The van der Waals surface area contributed by atoms with Crippen LogP contribution < -0.4 is 21.3 Å². The van der Waals surface area contributed by atoms with Crippen LogP contribution in [-0.2, 0) is 33.4 Å². The third kappa shape index (κ3) is 17.7. The van der Waals surface area contributed by atoms with Crippen molar-refractivity contribution >= 4 is 35.8 Å². The molecule has 1 heterocycles. The fourth-order valence-corrected chi connectivity index (χ4v) is 3.10. The van der Waals surface area contributed by atoms with Crippen LogP contribution in [0.5, 0.6) is 0 Å². The van der Waals surface area contributed by atoms with E-state index in [1.807, 2.05) is 6.92 Å². The van der Waals surface area contributed by atoms with Crippen LogP contribution >= 0.6 is 0 Å². The highest BCUT2D eigenvalue weighted by molar-refractivity contribution is 6.02. The number of likely N-dealkylation sites (tertiary alicyclic amines) is 1. The number of rotatable bonds is 16. The molecule has 0 aromatic heterocycles. The van der Waals surface area contributed by atoms with Crippen molar-refractivity contribution in [3.8, 4) is 0 Å². The minimum Gasteiger partial charge on any atom is -0.447 e. The van der Waals surface area contributed by atoms with Gasteiger partial charge in [0.25, 0.3) is 0 Å². The van der Waals surface area contributed by atoms with Gasteiger partial charge in [0.2, 0.25) is 23.6 Å². The maximum atomic E-state index is 11.8. The molecule has 0 saturated carbocycles. The zero-order valence-electron chi connectivity index (χ0n) is 23.8. The SMILES string of the molecule is CC1CC(=O)N(C)C1=O.CCCC(=O)NCCNC(=O)CCCOC(COC(=O)NCC)COC(=O)NCC. The van der Waals surface area contributed by atoms with E-state index in [-0.39, 0.29) is 55.8 Å². The number of nitrogens with one attached hydrogen (secondary N) is 4. The highest BCUT2D eigenvalue weighted by Crippen LogP contribution is 2.15. The van der Waals surface area contributed by atoms with Crippen molar-refractivity contribution in [3.05, 3.63) is 0 Å². The van der Waals surface area contributed by atoms with Gasteiger partial charge in [0, 0.05) is 65.0 Å². The van der Waals surface area contributed by atoms with E-state index in [2.05, 4.69) is 21.3 Å². The second-order valence-corrected chi connectivity index (χ2v) is 8.70. The summed E-state index contributed by atoms with van der Waals surface area (Å²) in [5, 5.41) is 10.4. The molecule has 1 fully saturated rings. The molecule has 1 atom stereocenters. The molecule has 4 N–H and O–H groups in total. The van der Waals surface area contributed by atoms with Gasteiger partial charge < -0.3 is 35.5 Å². The Balaban J connectivity index is 0.00000134. The van der Waals surface area contributed by atoms with Crippen LogP contribution in [0.4, 0.5) is 9.59 Å². The minimum absolute atomic E-state index is 0.0316. The largest absolute Gasteiger partial charge is 0.447 e. The lowest BCUT2D eigenvalue weighted by Crippen LogP contribution is -2.35. The van der Waals surface area contributed by atoms with Crippen molar-refractivity contribution in [2.24, 2.45) is 5.92 Å². The molecule has 1 aliphatic heterocycles. The van der Waals surface area contributed by atoms with E-state index in [0.717, 1.165) is 6.42 Å². The Kier molecular flexibility index (Phi) is 19.6. The summed E-state index contributed by atoms with van der Waals surface area (Å²) in [4.78, 5) is 68.7. The van der Waals surface area contributed by atoms with Crippen LogP contribution in [0, 0.1) is 5.92 Å². The van der Waals surface area contributed by atoms with Crippen LogP contribution in [0.25, 0.3) is 0 Å². The maximum Gasteiger partial charge on any atom is 0.407 e. The molecule has 0 spiro atoms. The topological polar surface area (TPSA) is 181 Å². The van der Waals surface area contributed by atoms with Gasteiger partial charge in [-0.05, 0) is 26.7 Å². The standard InChI is InChI=1S/C19H36N4O7.C6H9NO2/c1-4-8-16(24)22-10-11-23-17(25)9-7-12-28-15(13-29-18(26)20-5-2)14-30-19(27)21-6-3;1-4-3-5(8)7(2)6(4)9/h15H,4-14H2,1-3H3,(H,20,26)(H,21,27)(H,22,24)(H,23,25);4H,3H2,1-2H3. The van der Waals surface area contributed by atoms with Crippen molar-refractivity contribution < 1.29 is 43.0 Å². The van der Waals surface area contributed by atoms with Crippen molar-refractivity contribution in [1.29, 1.82) is 0 Å². The molecule has 14 nitrogen and oxygen atoms in total. The minimum atomic E-state index is -0.646. The zero-order valence-corrected chi connectivity index (χ0v) is 23.8. The number of nitrogens with zero attached hydrogens (tertiary/aromatic N) is 1. The van der Waals surface area contributed by atoms with Gasteiger partial charge in [-0.15, -0.1) is 0 Å². The fourth-order valence-electron chi connectivity index (χ4n) is 3.10. The molecule has 0 aliphatic carbocycles. The number of ether oxygens (including phenoxy) is 3. The molecule has 14 heteroatoms. The average Bonchev–Trinajstić information content (AvgIpc) is 3.11. The lowest BCUT2D eigenvalue weighted by molar-refractivity contribution is -0.137. The van der Waals surface area contributed by atoms with Gasteiger partial charge in [-0.3, -0.25) is 24.1 Å². The number of amides is 6. The molecular formula is C25H45N5O9. The summed E-state index contributed by atoms with van der Waals surface area (Å²) in [7, 11) is 1.52. The summed E-state index contributed by atoms with van der Waals surface area (Å²) >= 11 is 0. The van der Waals surface area contributed by atoms with Crippen molar-refractivity contribution in [2.45, 2.75) is 65.9 Å². The number of carbonyl (C=O) groups is 6. The molecule has 39 heavy (non-hydrogen) atoms. The van der Waals surface area contributed by atoms with E-state index in [4.69, 9.17) is 14.2 Å². The third-order valence-corrected chi connectivity index (χ3v) is 5.20. The van der Waals surface area contributed by atoms with E-state index in [9.17, 15) is 28.8 Å². The summed E-state index contributed by atoms with van der Waals surface area (Å²) in [5.74, 6) is -0.400. The lowest BCUT2D eigenvalue weighted by Gasteiger charge is -2.18. The quantitative estimate of drug-likeness (QED) is 0.156. The molecule has 0 bridgehead atoms. The Morgan fingerprint density at radius 1 is 0.872 bits per heavy atom. The second-order valence-electron chi connectivity index (χ2n) is 8.70. The number of imide groups is 1. The first kappa shape index (κ1) is 35.6. The number of alkyl carbamates (subject to hydrolysis) is 2. The van der Waals surface area contributed by atoms with Crippen LogP contribution in [-0.4, -0.2) is 99.9 Å². The lowest BCUT2D eigenvalue weighted by atomic mass is 10.1. The summed E-state index contributed by atoms with van der Waals surface area (Å²) in [6.07, 6.45) is 0.490. The second kappa shape index (κ2) is 21.5. The molecule has 1 unspecified atom stereocenters. The molecular weight excluding hydrogens is 514 g/mol. The summed E-state index contributed by atoms with van der Waals surface area (Å²) < 4.78 is 15.6. The summed E-state index contributed by atoms with van der Waals surface area (Å²) in [6, 6.07) is 0. The Labute approximate surface area is 230 Å². The molecule has 224 valence electrons. The fraction of sp³-hybridized carbons (Fsp3) is 0.760. The Morgan fingerprint density at radius 3 is 1.77 bits per heavy atom. The summed E-state index contributed by atoms with van der Waals surface area (Å²) in [5.41, 5.74) is 0. The molecule has 0 aromatic rings. The van der Waals surface area contributed by atoms with Crippen molar-refractivity contribution in [2.75, 3.05) is 53.0 Å². The average molecular weight is 560 g/mol. The van der Waals surface area contributed by atoms with E-state index in [1.165, 1.54) is 11.9 Å². The zero-order chi connectivity index (χ0) is 29.6. The summed E-state index contributed by atoms with van der Waals surface area (Å²) in [6.45, 7) is 8.86. The van der Waals surface area contributed by atoms with Crippen LogP contribution in [0.2, 0.25) is 0 Å². The van der Waals surface area contributed by atoms with Gasteiger partial charge in [-0.2, -0.15) is 0 Å². The molecule has 1 aliphatic rings. The smallest absolute Gasteiger partial charge is 0.407 e. The van der Waals surface area contributed by atoms with Crippen molar-refractivity contribution in [1.82, 2.24) is 26.2 Å². The van der Waals surface area contributed by atoms with Crippen LogP contribution in [0.3, 0.4) is 0 Å². The van der Waals surface area contributed by atoms with Crippen LogP contribution in [0.1, 0.15) is 59.8 Å². The molecule has 1 saturated heterocycles. The maximum absolute atomic E-state index is 11.8. The highest BCUT2D eigenvalue weighted by Gasteiger charge is 2.32. The third-order valence-electron chi connectivity index (χ3n) is 5.20. The molecule has 1 rings (SSSR count). The molecule has 6 amide bonds. The van der Waals surface area contributed by atoms with Gasteiger partial charge in [-0.25, -0.2) is 9.59 Å². The van der Waals surface area contributed by atoms with Gasteiger partial charge in [-0.1, -0.05) is 13.8 Å². The highest BCUT2D eigenvalue weighted by atomic mass is 16.6. The number of hydrogen-bond acceptors (Lipinski definition) is 9. The predicted molar refractivity (Wildman–Crippen MR) is 142 cm³/mol. The first-order valence-corrected chi connectivity index (χ1v) is 13.3. The Hall–Kier alpha value is -3.42. The van der Waals surface area contributed by atoms with E-state index < -0.39 is 18.3 Å². The van der Waals surface area contributed by atoms with Gasteiger partial charge >= 0.3 is 12.2 Å². The number of hydrogen-bond donors (Lipinski definition) is 4. The van der Waals surface area contributed by atoms with Gasteiger partial charge in [0.05, 0.1) is 0 Å². The van der Waals surface area contributed by atoms with Crippen LogP contribution in [0.15, 0.2) is 0 Å². The molecule has 0 aromatic carbocycles.